The molecule has 6 heteroatoms. The van der Waals surface area contributed by atoms with Crippen LogP contribution in [0, 0.1) is 0 Å². The number of urea groups is 1. The SMILES string of the molecule is CC(C)(C)N1C(=O)[C@H]2Cc3c([nH]c4ccccc34)[C@@H](c3ccc(Br)cc3)N2C1=O. The lowest BCUT2D eigenvalue weighted by molar-refractivity contribution is -0.131. The third-order valence-electron chi connectivity index (χ3n) is 5.91. The number of rotatable bonds is 1. The van der Waals surface area contributed by atoms with Crippen LogP contribution >= 0.6 is 15.9 Å². The smallest absolute Gasteiger partial charge is 0.328 e. The fraction of sp³-hybridized carbons (Fsp3) is 0.304. The zero-order valence-corrected chi connectivity index (χ0v) is 18.2. The molecule has 2 atom stereocenters. The van der Waals surface area contributed by atoms with Crippen LogP contribution in [-0.2, 0) is 11.2 Å². The number of nitrogens with zero attached hydrogens (tertiary/aromatic N) is 2. The van der Waals surface area contributed by atoms with Crippen molar-refractivity contribution in [3.05, 3.63) is 69.8 Å². The molecular weight excluding hydrogens is 430 g/mol. The van der Waals surface area contributed by atoms with Crippen LogP contribution in [0.4, 0.5) is 4.79 Å². The molecule has 148 valence electrons. The van der Waals surface area contributed by atoms with Gasteiger partial charge >= 0.3 is 6.03 Å². The molecule has 0 saturated carbocycles. The summed E-state index contributed by atoms with van der Waals surface area (Å²) in [4.78, 5) is 33.6. The molecular formula is C23H22BrN3O2. The Morgan fingerprint density at radius 1 is 1.03 bits per heavy atom. The van der Waals surface area contributed by atoms with Gasteiger partial charge in [0.2, 0.25) is 0 Å². The molecule has 0 bridgehead atoms. The predicted molar refractivity (Wildman–Crippen MR) is 116 cm³/mol. The highest BCUT2D eigenvalue weighted by Crippen LogP contribution is 2.45. The summed E-state index contributed by atoms with van der Waals surface area (Å²) in [6.07, 6.45) is 0.531. The highest BCUT2D eigenvalue weighted by Gasteiger charge is 2.55. The number of hydrogen-bond acceptors (Lipinski definition) is 2. The fourth-order valence-corrected chi connectivity index (χ4v) is 4.95. The van der Waals surface area contributed by atoms with Crippen LogP contribution < -0.4 is 0 Å². The zero-order chi connectivity index (χ0) is 20.5. The Labute approximate surface area is 177 Å². The van der Waals surface area contributed by atoms with Gasteiger partial charge in [0.25, 0.3) is 5.91 Å². The van der Waals surface area contributed by atoms with Crippen molar-refractivity contribution in [3.8, 4) is 0 Å². The van der Waals surface area contributed by atoms with Crippen LogP contribution in [0.15, 0.2) is 53.0 Å². The molecule has 29 heavy (non-hydrogen) atoms. The number of amides is 3. The lowest BCUT2D eigenvalue weighted by Gasteiger charge is -2.36. The second-order valence-corrected chi connectivity index (χ2v) is 9.69. The second-order valence-electron chi connectivity index (χ2n) is 8.77. The van der Waals surface area contributed by atoms with E-state index in [4.69, 9.17) is 0 Å². The number of fused-ring (bicyclic) bond motifs is 4. The molecule has 3 heterocycles. The predicted octanol–water partition coefficient (Wildman–Crippen LogP) is 5.01. The van der Waals surface area contributed by atoms with E-state index in [-0.39, 0.29) is 18.0 Å². The maximum absolute atomic E-state index is 13.5. The second kappa shape index (κ2) is 6.20. The first-order chi connectivity index (χ1) is 13.8. The third-order valence-corrected chi connectivity index (χ3v) is 6.43. The molecule has 1 N–H and O–H groups in total. The number of imide groups is 1. The van der Waals surface area contributed by atoms with E-state index in [1.165, 1.54) is 4.90 Å². The van der Waals surface area contributed by atoms with E-state index >= 15 is 0 Å². The number of aromatic nitrogens is 1. The number of benzene rings is 2. The highest BCUT2D eigenvalue weighted by molar-refractivity contribution is 9.10. The van der Waals surface area contributed by atoms with E-state index in [1.807, 2.05) is 63.2 Å². The van der Waals surface area contributed by atoms with Gasteiger partial charge in [0.1, 0.15) is 12.1 Å². The molecule has 2 aliphatic rings. The minimum absolute atomic E-state index is 0.111. The van der Waals surface area contributed by atoms with Crippen molar-refractivity contribution in [1.29, 1.82) is 0 Å². The molecule has 0 aliphatic carbocycles. The summed E-state index contributed by atoms with van der Waals surface area (Å²) in [6.45, 7) is 5.72. The maximum Gasteiger partial charge on any atom is 0.328 e. The van der Waals surface area contributed by atoms with Crippen molar-refractivity contribution in [2.75, 3.05) is 0 Å². The van der Waals surface area contributed by atoms with Crippen LogP contribution in [0.1, 0.15) is 43.6 Å². The van der Waals surface area contributed by atoms with Crippen LogP contribution in [0.25, 0.3) is 10.9 Å². The Bertz CT molecular complexity index is 1140. The lowest BCUT2D eigenvalue weighted by Crippen LogP contribution is -2.46. The van der Waals surface area contributed by atoms with Gasteiger partial charge in [0, 0.05) is 33.0 Å². The van der Waals surface area contributed by atoms with Crippen molar-refractivity contribution in [2.45, 2.75) is 44.8 Å². The van der Waals surface area contributed by atoms with Crippen molar-refractivity contribution < 1.29 is 9.59 Å². The molecule has 0 radical (unpaired) electrons. The Morgan fingerprint density at radius 2 is 1.72 bits per heavy atom. The largest absolute Gasteiger partial charge is 0.356 e. The number of aromatic amines is 1. The summed E-state index contributed by atoms with van der Waals surface area (Å²) in [5, 5.41) is 1.12. The molecule has 5 rings (SSSR count). The van der Waals surface area contributed by atoms with Crippen LogP contribution in [0.2, 0.25) is 0 Å². The molecule has 2 aromatic carbocycles. The van der Waals surface area contributed by atoms with E-state index in [2.05, 4.69) is 27.0 Å². The Morgan fingerprint density at radius 3 is 2.41 bits per heavy atom. The fourth-order valence-electron chi connectivity index (χ4n) is 4.68. The first kappa shape index (κ1) is 18.4. The molecule has 1 saturated heterocycles. The van der Waals surface area contributed by atoms with Crippen molar-refractivity contribution >= 4 is 38.8 Å². The quantitative estimate of drug-likeness (QED) is 0.528. The Balaban J connectivity index is 1.74. The summed E-state index contributed by atoms with van der Waals surface area (Å²) < 4.78 is 0.977. The van der Waals surface area contributed by atoms with Gasteiger partial charge in [-0.1, -0.05) is 46.3 Å². The van der Waals surface area contributed by atoms with E-state index in [9.17, 15) is 9.59 Å². The molecule has 3 amide bonds. The van der Waals surface area contributed by atoms with Crippen molar-refractivity contribution in [1.82, 2.24) is 14.8 Å². The molecule has 3 aromatic rings. The average molecular weight is 452 g/mol. The zero-order valence-electron chi connectivity index (χ0n) is 16.6. The molecule has 1 aromatic heterocycles. The standard InChI is InChI=1S/C23H22BrN3O2/c1-23(2,3)27-21(28)18-12-16-15-6-4-5-7-17(15)25-19(16)20(26(18)22(27)29)13-8-10-14(24)11-9-13/h4-11,18,20,25H,12H2,1-3H3/t18-,20-/m1/s1. The number of H-pyrrole nitrogens is 1. The Kier molecular flexibility index (Phi) is 3.94. The van der Waals surface area contributed by atoms with Crippen molar-refractivity contribution in [2.24, 2.45) is 0 Å². The molecule has 0 spiro atoms. The summed E-state index contributed by atoms with van der Waals surface area (Å²) >= 11 is 3.49. The normalized spacial score (nSPS) is 21.7. The number of halogens is 1. The topological polar surface area (TPSA) is 56.4 Å². The van der Waals surface area contributed by atoms with Crippen LogP contribution in [0.3, 0.4) is 0 Å². The van der Waals surface area contributed by atoms with Crippen LogP contribution in [0.5, 0.6) is 0 Å². The molecule has 1 fully saturated rings. The van der Waals surface area contributed by atoms with E-state index < -0.39 is 11.6 Å². The summed E-state index contributed by atoms with van der Waals surface area (Å²) in [5.74, 6) is -0.111. The molecule has 2 aliphatic heterocycles. The number of nitrogens with one attached hydrogen (secondary N) is 1. The van der Waals surface area contributed by atoms with E-state index in [0.717, 1.165) is 32.2 Å². The van der Waals surface area contributed by atoms with Gasteiger partial charge in [-0.25, -0.2) is 4.79 Å². The lowest BCUT2D eigenvalue weighted by atomic mass is 9.89. The van der Waals surface area contributed by atoms with Gasteiger partial charge in [0.05, 0.1) is 0 Å². The van der Waals surface area contributed by atoms with Gasteiger partial charge < -0.3 is 4.98 Å². The summed E-state index contributed by atoms with van der Waals surface area (Å²) in [6, 6.07) is 15.1. The average Bonchev–Trinajstić information content (AvgIpc) is 3.16. The van der Waals surface area contributed by atoms with E-state index in [1.54, 1.807) is 4.90 Å². The number of para-hydroxylation sites is 1. The van der Waals surface area contributed by atoms with Gasteiger partial charge in [-0.3, -0.25) is 14.6 Å². The number of carbonyl (C=O) groups excluding carboxylic acids is 2. The van der Waals surface area contributed by atoms with Gasteiger partial charge in [-0.15, -0.1) is 0 Å². The number of carbonyl (C=O) groups is 2. The molecule has 5 nitrogen and oxygen atoms in total. The molecule has 0 unspecified atom stereocenters. The van der Waals surface area contributed by atoms with Crippen LogP contribution in [-0.4, -0.2) is 38.3 Å². The first-order valence-electron chi connectivity index (χ1n) is 9.78. The van der Waals surface area contributed by atoms with Gasteiger partial charge in [-0.05, 0) is 50.1 Å². The van der Waals surface area contributed by atoms with Gasteiger partial charge in [-0.2, -0.15) is 0 Å². The highest BCUT2D eigenvalue weighted by atomic mass is 79.9. The van der Waals surface area contributed by atoms with Gasteiger partial charge in [0.15, 0.2) is 0 Å². The minimum atomic E-state index is -0.564. The first-order valence-corrected chi connectivity index (χ1v) is 10.6. The number of hydrogen-bond donors (Lipinski definition) is 1. The summed E-state index contributed by atoms with van der Waals surface area (Å²) in [7, 11) is 0. The van der Waals surface area contributed by atoms with Crippen molar-refractivity contribution in [3.63, 3.8) is 0 Å². The minimum Gasteiger partial charge on any atom is -0.356 e. The monoisotopic (exact) mass is 451 g/mol. The summed E-state index contributed by atoms with van der Waals surface area (Å²) in [5.41, 5.74) is 3.59. The van der Waals surface area contributed by atoms with E-state index in [0.29, 0.717) is 6.42 Å². The Hall–Kier alpha value is -2.60. The maximum atomic E-state index is 13.5. The third kappa shape index (κ3) is 2.65.